The van der Waals surface area contributed by atoms with Crippen molar-refractivity contribution in [2.24, 2.45) is 11.7 Å². The fourth-order valence-electron chi connectivity index (χ4n) is 2.76. The van der Waals surface area contributed by atoms with E-state index in [-0.39, 0.29) is 31.0 Å². The third-order valence-electron chi connectivity index (χ3n) is 4.37. The zero-order valence-corrected chi connectivity index (χ0v) is 15.1. The average molecular weight is 393 g/mol. The van der Waals surface area contributed by atoms with Gasteiger partial charge < -0.3 is 11.1 Å². The normalized spacial score (nSPS) is 18.5. The number of nitrogens with zero attached hydrogens (tertiary/aromatic N) is 1. The van der Waals surface area contributed by atoms with Gasteiger partial charge in [0.25, 0.3) is 0 Å². The second-order valence-corrected chi connectivity index (χ2v) is 8.29. The molecule has 1 amide bonds. The molecule has 1 heterocycles. The molecule has 1 saturated heterocycles. The molecule has 0 bridgehead atoms. The van der Waals surface area contributed by atoms with Crippen LogP contribution in [0.4, 0.5) is 13.2 Å². The Morgan fingerprint density at radius 3 is 2.50 bits per heavy atom. The second-order valence-electron chi connectivity index (χ2n) is 6.35. The Kier molecular flexibility index (Phi) is 6.30. The fourth-order valence-corrected chi connectivity index (χ4v) is 4.28. The number of piperidine rings is 1. The van der Waals surface area contributed by atoms with Gasteiger partial charge in [-0.2, -0.15) is 17.5 Å². The Labute approximate surface area is 150 Å². The van der Waals surface area contributed by atoms with Crippen molar-refractivity contribution >= 4 is 15.9 Å². The lowest BCUT2D eigenvalue weighted by molar-refractivity contribution is -0.137. The van der Waals surface area contributed by atoms with E-state index in [4.69, 9.17) is 5.73 Å². The number of carbonyl (C=O) groups excluding carboxylic acids is 1. The minimum atomic E-state index is -4.61. The summed E-state index contributed by atoms with van der Waals surface area (Å²) in [6.45, 7) is 2.22. The smallest absolute Gasteiger partial charge is 0.352 e. The summed E-state index contributed by atoms with van der Waals surface area (Å²) in [6, 6.07) is 3.51. The van der Waals surface area contributed by atoms with E-state index in [0.717, 1.165) is 22.5 Å². The monoisotopic (exact) mass is 393 g/mol. The molecule has 1 aromatic carbocycles. The predicted octanol–water partition coefficient (Wildman–Crippen LogP) is 1.57. The van der Waals surface area contributed by atoms with Crippen LogP contribution in [-0.2, 0) is 21.0 Å². The van der Waals surface area contributed by atoms with Crippen LogP contribution in [0.1, 0.15) is 25.3 Å². The number of nitrogens with one attached hydrogen (secondary N) is 1. The van der Waals surface area contributed by atoms with Crippen molar-refractivity contribution in [1.29, 1.82) is 0 Å². The lowest BCUT2D eigenvalue weighted by Gasteiger charge is -2.31. The highest BCUT2D eigenvalue weighted by Gasteiger charge is 2.35. The molecule has 1 fully saturated rings. The molecule has 0 radical (unpaired) electrons. The molecule has 3 N–H and O–H groups in total. The summed E-state index contributed by atoms with van der Waals surface area (Å²) in [5, 5.41) is 2.75. The van der Waals surface area contributed by atoms with Crippen LogP contribution in [0.2, 0.25) is 0 Å². The van der Waals surface area contributed by atoms with Crippen molar-refractivity contribution in [3.8, 4) is 0 Å². The van der Waals surface area contributed by atoms with E-state index in [0.29, 0.717) is 25.5 Å². The first-order chi connectivity index (χ1) is 12.1. The quantitative estimate of drug-likeness (QED) is 0.794. The molecule has 0 aromatic heterocycles. The third kappa shape index (κ3) is 4.74. The van der Waals surface area contributed by atoms with E-state index in [9.17, 15) is 26.4 Å². The van der Waals surface area contributed by atoms with E-state index < -0.39 is 26.7 Å². The summed E-state index contributed by atoms with van der Waals surface area (Å²) in [5.41, 5.74) is 4.44. The highest BCUT2D eigenvalue weighted by molar-refractivity contribution is 7.89. The van der Waals surface area contributed by atoms with Gasteiger partial charge in [0, 0.05) is 31.6 Å². The number of halogens is 3. The molecule has 26 heavy (non-hydrogen) atoms. The van der Waals surface area contributed by atoms with Crippen LogP contribution < -0.4 is 11.1 Å². The minimum absolute atomic E-state index is 0.0771. The minimum Gasteiger partial charge on any atom is -0.352 e. The highest BCUT2D eigenvalue weighted by Crippen LogP contribution is 2.32. The van der Waals surface area contributed by atoms with E-state index in [2.05, 4.69) is 5.32 Å². The summed E-state index contributed by atoms with van der Waals surface area (Å²) in [4.78, 5) is 11.7. The first-order valence-electron chi connectivity index (χ1n) is 8.23. The van der Waals surface area contributed by atoms with Crippen molar-refractivity contribution in [2.45, 2.75) is 36.9 Å². The number of sulfonamides is 1. The molecule has 1 aliphatic rings. The lowest BCUT2D eigenvalue weighted by Crippen LogP contribution is -2.46. The van der Waals surface area contributed by atoms with E-state index >= 15 is 0 Å². The van der Waals surface area contributed by atoms with Gasteiger partial charge in [-0.15, -0.1) is 0 Å². The molecule has 1 aliphatic heterocycles. The van der Waals surface area contributed by atoms with Crippen LogP contribution >= 0.6 is 0 Å². The number of hydrogen-bond donors (Lipinski definition) is 2. The van der Waals surface area contributed by atoms with Crippen LogP contribution in [0.5, 0.6) is 0 Å². The molecule has 10 heteroatoms. The Morgan fingerprint density at radius 1 is 1.35 bits per heavy atom. The summed E-state index contributed by atoms with van der Waals surface area (Å²) in [7, 11) is -4.04. The van der Waals surface area contributed by atoms with Crippen molar-refractivity contribution in [1.82, 2.24) is 9.62 Å². The Balaban J connectivity index is 2.08. The van der Waals surface area contributed by atoms with Gasteiger partial charge in [-0.1, -0.05) is 6.07 Å². The van der Waals surface area contributed by atoms with Gasteiger partial charge >= 0.3 is 6.18 Å². The van der Waals surface area contributed by atoms with E-state index in [1.807, 2.05) is 0 Å². The van der Waals surface area contributed by atoms with Crippen LogP contribution in [-0.4, -0.2) is 44.3 Å². The zero-order chi connectivity index (χ0) is 19.5. The van der Waals surface area contributed by atoms with Gasteiger partial charge in [0.1, 0.15) is 0 Å². The maximum Gasteiger partial charge on any atom is 0.416 e. The second kappa shape index (κ2) is 7.93. The number of alkyl halides is 3. The fraction of sp³-hybridized carbons (Fsp3) is 0.562. The maximum absolute atomic E-state index is 12.8. The molecule has 1 atom stereocenters. The molecular weight excluding hydrogens is 371 g/mol. The summed E-state index contributed by atoms with van der Waals surface area (Å²) >= 11 is 0. The Morgan fingerprint density at radius 2 is 1.96 bits per heavy atom. The number of nitrogens with two attached hydrogens (primary N) is 1. The number of hydrogen-bond acceptors (Lipinski definition) is 4. The van der Waals surface area contributed by atoms with Crippen LogP contribution in [0.3, 0.4) is 0 Å². The highest BCUT2D eigenvalue weighted by atomic mass is 32.2. The zero-order valence-electron chi connectivity index (χ0n) is 14.3. The average Bonchev–Trinajstić information content (AvgIpc) is 2.61. The molecule has 146 valence electrons. The standard InChI is InChI=1S/C16H22F3N3O3S/c1-11(10-20)21-15(23)12-5-7-22(8-6-12)26(24,25)14-4-2-3-13(9-14)16(17,18)19/h2-4,9,11-12H,5-8,10,20H2,1H3,(H,21,23)/t11-/m0/s1. The Hall–Kier alpha value is -1.65. The van der Waals surface area contributed by atoms with Gasteiger partial charge in [-0.05, 0) is 38.0 Å². The van der Waals surface area contributed by atoms with Gasteiger partial charge in [0.05, 0.1) is 10.5 Å². The predicted molar refractivity (Wildman–Crippen MR) is 89.6 cm³/mol. The first kappa shape index (κ1) is 20.7. The molecule has 0 saturated carbocycles. The molecule has 0 unspecified atom stereocenters. The number of rotatable bonds is 5. The van der Waals surface area contributed by atoms with Crippen molar-refractivity contribution in [3.05, 3.63) is 29.8 Å². The number of carbonyl (C=O) groups is 1. The number of benzene rings is 1. The summed E-state index contributed by atoms with van der Waals surface area (Å²) < 4.78 is 64.8. The van der Waals surface area contributed by atoms with E-state index in [1.165, 1.54) is 0 Å². The molecular formula is C16H22F3N3O3S. The van der Waals surface area contributed by atoms with Gasteiger partial charge in [-0.25, -0.2) is 8.42 Å². The molecule has 2 rings (SSSR count). The van der Waals surface area contributed by atoms with Crippen molar-refractivity contribution < 1.29 is 26.4 Å². The topological polar surface area (TPSA) is 92.5 Å². The van der Waals surface area contributed by atoms with Gasteiger partial charge in [0.2, 0.25) is 15.9 Å². The van der Waals surface area contributed by atoms with Crippen LogP contribution in [0.25, 0.3) is 0 Å². The number of amides is 1. The largest absolute Gasteiger partial charge is 0.416 e. The van der Waals surface area contributed by atoms with Crippen LogP contribution in [0.15, 0.2) is 29.2 Å². The molecule has 0 spiro atoms. The molecule has 1 aromatic rings. The van der Waals surface area contributed by atoms with Crippen molar-refractivity contribution in [2.75, 3.05) is 19.6 Å². The maximum atomic E-state index is 12.8. The van der Waals surface area contributed by atoms with Gasteiger partial charge in [-0.3, -0.25) is 4.79 Å². The SMILES string of the molecule is C[C@@H](CN)NC(=O)C1CCN(S(=O)(=O)c2cccc(C(F)(F)F)c2)CC1. The molecule has 0 aliphatic carbocycles. The van der Waals surface area contributed by atoms with E-state index in [1.54, 1.807) is 6.92 Å². The summed E-state index contributed by atoms with van der Waals surface area (Å²) in [6.07, 6.45) is -4.00. The van der Waals surface area contributed by atoms with Crippen LogP contribution in [0, 0.1) is 5.92 Å². The molecule has 6 nitrogen and oxygen atoms in total. The van der Waals surface area contributed by atoms with Gasteiger partial charge in [0.15, 0.2) is 0 Å². The Bertz CT molecular complexity index is 745. The summed E-state index contributed by atoms with van der Waals surface area (Å²) in [5.74, 6) is -0.518. The lowest BCUT2D eigenvalue weighted by atomic mass is 9.97. The van der Waals surface area contributed by atoms with Crippen molar-refractivity contribution in [3.63, 3.8) is 0 Å². The third-order valence-corrected chi connectivity index (χ3v) is 6.26. The first-order valence-corrected chi connectivity index (χ1v) is 9.67.